The van der Waals surface area contributed by atoms with E-state index in [9.17, 15) is 13.2 Å². The summed E-state index contributed by atoms with van der Waals surface area (Å²) in [6.07, 6.45) is 0.951. The van der Waals surface area contributed by atoms with Crippen LogP contribution in [-0.4, -0.2) is 32.3 Å². The molecule has 0 unspecified atom stereocenters. The lowest BCUT2D eigenvalue weighted by molar-refractivity contribution is 0.0778. The van der Waals surface area contributed by atoms with Gasteiger partial charge in [-0.3, -0.25) is 4.79 Å². The van der Waals surface area contributed by atoms with Crippen LogP contribution >= 0.6 is 0 Å². The van der Waals surface area contributed by atoms with Crippen LogP contribution in [0.4, 0.5) is 0 Å². The quantitative estimate of drug-likeness (QED) is 0.898. The summed E-state index contributed by atoms with van der Waals surface area (Å²) in [7, 11) is -3.81. The van der Waals surface area contributed by atoms with Gasteiger partial charge in [0.15, 0.2) is 0 Å². The number of likely N-dealkylation sites (tertiary alicyclic amines) is 1. The largest absolute Gasteiger partial charge is 0.338 e. The summed E-state index contributed by atoms with van der Waals surface area (Å²) < 4.78 is 23.0. The minimum atomic E-state index is -3.81. The van der Waals surface area contributed by atoms with Crippen LogP contribution in [0.3, 0.4) is 0 Å². The zero-order chi connectivity index (χ0) is 15.1. The lowest BCUT2D eigenvalue weighted by Crippen LogP contribution is -2.30. The number of hydrogen-bond donors (Lipinski definition) is 1. The van der Waals surface area contributed by atoms with Gasteiger partial charge in [-0.1, -0.05) is 19.9 Å². The molecule has 110 valence electrons. The summed E-state index contributed by atoms with van der Waals surface area (Å²) >= 11 is 0. The molecule has 1 aromatic rings. The maximum absolute atomic E-state index is 12.4. The minimum absolute atomic E-state index is 0.0156. The predicted octanol–water partition coefficient (Wildman–Crippen LogP) is 1.51. The van der Waals surface area contributed by atoms with Crippen molar-refractivity contribution >= 4 is 15.9 Å². The van der Waals surface area contributed by atoms with Crippen LogP contribution in [0.1, 0.15) is 36.2 Å². The third-order valence-corrected chi connectivity index (χ3v) is 4.76. The third kappa shape index (κ3) is 3.02. The first kappa shape index (κ1) is 15.0. The van der Waals surface area contributed by atoms with Crippen molar-refractivity contribution < 1.29 is 13.2 Å². The molecule has 1 fully saturated rings. The highest BCUT2D eigenvalue weighted by Crippen LogP contribution is 2.30. The van der Waals surface area contributed by atoms with E-state index in [1.165, 1.54) is 6.07 Å². The Bertz CT molecular complexity index is 650. The van der Waals surface area contributed by atoms with Crippen molar-refractivity contribution in [2.45, 2.75) is 32.1 Å². The summed E-state index contributed by atoms with van der Waals surface area (Å²) in [5, 5.41) is 5.17. The van der Waals surface area contributed by atoms with Crippen molar-refractivity contribution in [3.63, 3.8) is 0 Å². The number of nitrogens with two attached hydrogens (primary N) is 1. The Morgan fingerprint density at radius 3 is 2.50 bits per heavy atom. The average molecular weight is 296 g/mol. The van der Waals surface area contributed by atoms with Gasteiger partial charge in [-0.2, -0.15) is 0 Å². The summed E-state index contributed by atoms with van der Waals surface area (Å²) in [4.78, 5) is 14.2. The summed E-state index contributed by atoms with van der Waals surface area (Å²) in [5.41, 5.74) is 1.03. The topological polar surface area (TPSA) is 80.5 Å². The molecule has 20 heavy (non-hydrogen) atoms. The number of aryl methyl sites for hydroxylation is 1. The van der Waals surface area contributed by atoms with E-state index in [-0.39, 0.29) is 16.2 Å². The normalized spacial score (nSPS) is 18.3. The number of benzene rings is 1. The fourth-order valence-electron chi connectivity index (χ4n) is 2.51. The van der Waals surface area contributed by atoms with Gasteiger partial charge in [-0.05, 0) is 36.5 Å². The molecule has 1 aromatic carbocycles. The van der Waals surface area contributed by atoms with Gasteiger partial charge in [0.25, 0.3) is 5.91 Å². The molecule has 0 atom stereocenters. The van der Waals surface area contributed by atoms with Gasteiger partial charge in [-0.25, -0.2) is 13.6 Å². The minimum Gasteiger partial charge on any atom is -0.338 e. The fourth-order valence-corrected chi connectivity index (χ4v) is 3.32. The number of amides is 1. The van der Waals surface area contributed by atoms with Gasteiger partial charge in [0.2, 0.25) is 10.0 Å². The van der Waals surface area contributed by atoms with Crippen LogP contribution < -0.4 is 5.14 Å². The molecule has 0 saturated carbocycles. The molecule has 5 nitrogen and oxygen atoms in total. The van der Waals surface area contributed by atoms with Gasteiger partial charge in [0.05, 0.1) is 4.90 Å². The predicted molar refractivity (Wildman–Crippen MR) is 76.9 cm³/mol. The lowest BCUT2D eigenvalue weighted by Gasteiger charge is -2.20. The SMILES string of the molecule is Cc1ccc(C(=O)N2CCC(C)(C)C2)cc1S(N)(=O)=O. The number of hydrogen-bond acceptors (Lipinski definition) is 3. The molecular weight excluding hydrogens is 276 g/mol. The van der Waals surface area contributed by atoms with Crippen molar-refractivity contribution in [1.29, 1.82) is 0 Å². The second kappa shape index (κ2) is 4.86. The third-order valence-electron chi connectivity index (χ3n) is 3.71. The molecule has 0 radical (unpaired) electrons. The number of nitrogens with zero attached hydrogens (tertiary/aromatic N) is 1. The monoisotopic (exact) mass is 296 g/mol. The van der Waals surface area contributed by atoms with Crippen molar-refractivity contribution in [2.24, 2.45) is 10.6 Å². The summed E-state index contributed by atoms with van der Waals surface area (Å²) in [6.45, 7) is 7.28. The number of carbonyl (C=O) groups excluding carboxylic acids is 1. The second-order valence-corrected chi connectivity index (χ2v) is 7.70. The Morgan fingerprint density at radius 1 is 1.35 bits per heavy atom. The smallest absolute Gasteiger partial charge is 0.253 e. The van der Waals surface area contributed by atoms with Gasteiger partial charge in [0.1, 0.15) is 0 Å². The van der Waals surface area contributed by atoms with E-state index in [0.29, 0.717) is 24.2 Å². The molecule has 0 aliphatic carbocycles. The number of sulfonamides is 1. The molecule has 1 aliphatic rings. The fraction of sp³-hybridized carbons (Fsp3) is 0.500. The van der Waals surface area contributed by atoms with Crippen molar-refractivity contribution in [3.05, 3.63) is 29.3 Å². The van der Waals surface area contributed by atoms with Crippen LogP contribution in [-0.2, 0) is 10.0 Å². The molecule has 0 spiro atoms. The molecular formula is C14H20N2O3S. The van der Waals surface area contributed by atoms with E-state index < -0.39 is 10.0 Å². The van der Waals surface area contributed by atoms with Crippen LogP contribution in [0.25, 0.3) is 0 Å². The zero-order valence-corrected chi connectivity index (χ0v) is 12.8. The average Bonchev–Trinajstić information content (AvgIpc) is 2.68. The van der Waals surface area contributed by atoms with E-state index in [1.54, 1.807) is 24.0 Å². The number of carbonyl (C=O) groups is 1. The Balaban J connectivity index is 2.33. The number of rotatable bonds is 2. The van der Waals surface area contributed by atoms with Crippen LogP contribution in [0, 0.1) is 12.3 Å². The summed E-state index contributed by atoms with van der Waals surface area (Å²) in [6, 6.07) is 4.64. The van der Waals surface area contributed by atoms with Crippen LogP contribution in [0.2, 0.25) is 0 Å². The maximum Gasteiger partial charge on any atom is 0.253 e. The first-order valence-corrected chi connectivity index (χ1v) is 8.07. The molecule has 6 heteroatoms. The van der Waals surface area contributed by atoms with E-state index >= 15 is 0 Å². The summed E-state index contributed by atoms with van der Waals surface area (Å²) in [5.74, 6) is -0.138. The van der Waals surface area contributed by atoms with Crippen LogP contribution in [0.15, 0.2) is 23.1 Å². The van der Waals surface area contributed by atoms with Crippen LogP contribution in [0.5, 0.6) is 0 Å². The molecule has 1 saturated heterocycles. The first-order chi connectivity index (χ1) is 9.10. The van der Waals surface area contributed by atoms with E-state index in [4.69, 9.17) is 5.14 Å². The number of primary sulfonamides is 1. The van der Waals surface area contributed by atoms with Gasteiger partial charge >= 0.3 is 0 Å². The van der Waals surface area contributed by atoms with Crippen molar-refractivity contribution in [1.82, 2.24) is 4.90 Å². The first-order valence-electron chi connectivity index (χ1n) is 6.53. The Hall–Kier alpha value is -1.40. The Labute approximate surface area is 119 Å². The molecule has 0 bridgehead atoms. The molecule has 2 N–H and O–H groups in total. The molecule has 1 aliphatic heterocycles. The van der Waals surface area contributed by atoms with Crippen molar-refractivity contribution in [2.75, 3.05) is 13.1 Å². The van der Waals surface area contributed by atoms with E-state index in [2.05, 4.69) is 13.8 Å². The lowest BCUT2D eigenvalue weighted by atomic mass is 9.93. The zero-order valence-electron chi connectivity index (χ0n) is 12.0. The Kier molecular flexibility index (Phi) is 3.64. The molecule has 1 amide bonds. The molecule has 1 heterocycles. The highest BCUT2D eigenvalue weighted by atomic mass is 32.2. The molecule has 2 rings (SSSR count). The van der Waals surface area contributed by atoms with Gasteiger partial charge in [0, 0.05) is 18.7 Å². The van der Waals surface area contributed by atoms with Crippen molar-refractivity contribution in [3.8, 4) is 0 Å². The highest BCUT2D eigenvalue weighted by Gasteiger charge is 2.32. The Morgan fingerprint density at radius 2 is 2.00 bits per heavy atom. The standard InChI is InChI=1S/C14H20N2O3S/c1-10-4-5-11(8-12(10)20(15,18)19)13(17)16-7-6-14(2,3)9-16/h4-5,8H,6-7,9H2,1-3H3,(H2,15,18,19). The van der Waals surface area contributed by atoms with Gasteiger partial charge < -0.3 is 4.90 Å². The molecule has 0 aromatic heterocycles. The maximum atomic E-state index is 12.4. The van der Waals surface area contributed by atoms with Gasteiger partial charge in [-0.15, -0.1) is 0 Å². The van der Waals surface area contributed by atoms with E-state index in [0.717, 1.165) is 6.42 Å². The van der Waals surface area contributed by atoms with E-state index in [1.807, 2.05) is 0 Å². The second-order valence-electron chi connectivity index (χ2n) is 6.17. The highest BCUT2D eigenvalue weighted by molar-refractivity contribution is 7.89.